The smallest absolute Gasteiger partial charge is 0.188 e. The van der Waals surface area contributed by atoms with Crippen LogP contribution in [0.2, 0.25) is 0 Å². The topological polar surface area (TPSA) is 37.0 Å². The van der Waals surface area contributed by atoms with Crippen LogP contribution < -0.4 is 0 Å². The fourth-order valence-electron chi connectivity index (χ4n) is 0.0830. The SMILES string of the molecule is CC(=O)SC[O]. The largest absolute Gasteiger partial charge is 0.287 e. The fourth-order valence-corrected chi connectivity index (χ4v) is 0.249. The van der Waals surface area contributed by atoms with E-state index < -0.39 is 0 Å². The van der Waals surface area contributed by atoms with Gasteiger partial charge in [-0.15, -0.1) is 0 Å². The van der Waals surface area contributed by atoms with Gasteiger partial charge in [-0.25, -0.2) is 5.11 Å². The van der Waals surface area contributed by atoms with E-state index in [0.29, 0.717) is 0 Å². The summed E-state index contributed by atoms with van der Waals surface area (Å²) < 4.78 is 0. The second-order valence-corrected chi connectivity index (χ2v) is 1.85. The first-order chi connectivity index (χ1) is 2.77. The zero-order valence-corrected chi connectivity index (χ0v) is 4.25. The maximum Gasteiger partial charge on any atom is 0.188 e. The highest BCUT2D eigenvalue weighted by Crippen LogP contribution is 1.95. The van der Waals surface area contributed by atoms with Crippen LogP contribution in [0.4, 0.5) is 0 Å². The van der Waals surface area contributed by atoms with Crippen molar-refractivity contribution >= 4 is 16.9 Å². The van der Waals surface area contributed by atoms with Gasteiger partial charge in [0.2, 0.25) is 0 Å². The first-order valence-corrected chi connectivity index (χ1v) is 2.47. The molecule has 0 aromatic rings. The van der Waals surface area contributed by atoms with Crippen LogP contribution in [0.1, 0.15) is 6.92 Å². The quantitative estimate of drug-likeness (QED) is 0.459. The molecule has 3 heteroatoms. The van der Waals surface area contributed by atoms with Gasteiger partial charge < -0.3 is 0 Å². The second kappa shape index (κ2) is 3.18. The van der Waals surface area contributed by atoms with Gasteiger partial charge in [-0.05, 0) is 0 Å². The Bertz CT molecular complexity index is 52.8. The Morgan fingerprint density at radius 1 is 1.83 bits per heavy atom. The zero-order valence-electron chi connectivity index (χ0n) is 3.43. The molecule has 0 aliphatic rings. The summed E-state index contributed by atoms with van der Waals surface area (Å²) in [4.78, 5) is 9.81. The van der Waals surface area contributed by atoms with Gasteiger partial charge in [0, 0.05) is 6.92 Å². The highest BCUT2D eigenvalue weighted by atomic mass is 32.2. The average Bonchev–Trinajstić information content (AvgIpc) is 1.35. The van der Waals surface area contributed by atoms with Crippen molar-refractivity contribution in [2.24, 2.45) is 0 Å². The molecule has 0 amide bonds. The van der Waals surface area contributed by atoms with E-state index in [2.05, 4.69) is 0 Å². The molecule has 0 fully saturated rings. The summed E-state index contributed by atoms with van der Waals surface area (Å²) in [6.07, 6.45) is 0. The second-order valence-electron chi connectivity index (χ2n) is 0.754. The molecule has 0 saturated carbocycles. The van der Waals surface area contributed by atoms with Crippen LogP contribution in [0, 0.1) is 0 Å². The molecule has 0 unspecified atom stereocenters. The van der Waals surface area contributed by atoms with E-state index in [1.54, 1.807) is 0 Å². The van der Waals surface area contributed by atoms with E-state index in [1.165, 1.54) is 6.92 Å². The molecule has 0 rings (SSSR count). The number of thioether (sulfide) groups is 1. The Morgan fingerprint density at radius 3 is 2.33 bits per heavy atom. The Labute approximate surface area is 40.5 Å². The molecule has 0 aromatic carbocycles. The fraction of sp³-hybridized carbons (Fsp3) is 0.667. The summed E-state index contributed by atoms with van der Waals surface area (Å²) in [5.41, 5.74) is 0. The molecule has 2 nitrogen and oxygen atoms in total. The molecule has 0 bridgehead atoms. The van der Waals surface area contributed by atoms with Gasteiger partial charge in [0.25, 0.3) is 0 Å². The highest BCUT2D eigenvalue weighted by Gasteiger charge is 1.86. The third-order valence-electron chi connectivity index (χ3n) is 0.262. The summed E-state index contributed by atoms with van der Waals surface area (Å²) in [5, 5.41) is 9.38. The number of hydrogen-bond acceptors (Lipinski definition) is 2. The molecule has 0 aromatic heterocycles. The third-order valence-corrected chi connectivity index (χ3v) is 0.787. The normalized spacial score (nSPS) is 8.33. The molecule has 0 spiro atoms. The van der Waals surface area contributed by atoms with Crippen molar-refractivity contribution < 1.29 is 9.90 Å². The van der Waals surface area contributed by atoms with Crippen molar-refractivity contribution in [3.63, 3.8) is 0 Å². The van der Waals surface area contributed by atoms with Gasteiger partial charge in [0.05, 0.1) is 0 Å². The van der Waals surface area contributed by atoms with E-state index in [1.807, 2.05) is 0 Å². The first-order valence-electron chi connectivity index (χ1n) is 1.49. The summed E-state index contributed by atoms with van der Waals surface area (Å²) >= 11 is 0.792. The van der Waals surface area contributed by atoms with Gasteiger partial charge in [0.1, 0.15) is 5.94 Å². The molecule has 0 N–H and O–H groups in total. The molecule has 0 saturated heterocycles. The van der Waals surface area contributed by atoms with Crippen LogP contribution in [0.3, 0.4) is 0 Å². The molecule has 0 atom stereocenters. The Morgan fingerprint density at radius 2 is 2.33 bits per heavy atom. The molecule has 6 heavy (non-hydrogen) atoms. The summed E-state index contributed by atoms with van der Waals surface area (Å²) in [6.45, 7) is 1.38. The van der Waals surface area contributed by atoms with E-state index in [0.717, 1.165) is 11.8 Å². The molecule has 35 valence electrons. The van der Waals surface area contributed by atoms with Crippen LogP contribution in [-0.4, -0.2) is 11.1 Å². The van der Waals surface area contributed by atoms with Crippen LogP contribution in [0.15, 0.2) is 0 Å². The molecular weight excluding hydrogens is 100 g/mol. The predicted molar refractivity (Wildman–Crippen MR) is 23.8 cm³/mol. The van der Waals surface area contributed by atoms with Gasteiger partial charge in [-0.1, -0.05) is 11.8 Å². The van der Waals surface area contributed by atoms with Crippen molar-refractivity contribution in [2.75, 3.05) is 5.94 Å². The van der Waals surface area contributed by atoms with Crippen LogP contribution in [0.5, 0.6) is 0 Å². The van der Waals surface area contributed by atoms with Crippen LogP contribution >= 0.6 is 11.8 Å². The average molecular weight is 105 g/mol. The lowest BCUT2D eigenvalue weighted by atomic mass is 10.9. The molecule has 0 aliphatic carbocycles. The van der Waals surface area contributed by atoms with Crippen molar-refractivity contribution in [2.45, 2.75) is 6.92 Å². The molecular formula is C3H5O2S. The van der Waals surface area contributed by atoms with Gasteiger partial charge >= 0.3 is 0 Å². The number of carbonyl (C=O) groups is 1. The van der Waals surface area contributed by atoms with E-state index in [9.17, 15) is 9.90 Å². The monoisotopic (exact) mass is 105 g/mol. The maximum absolute atomic E-state index is 9.81. The summed E-state index contributed by atoms with van der Waals surface area (Å²) in [7, 11) is 0. The lowest BCUT2D eigenvalue weighted by molar-refractivity contribution is -0.109. The van der Waals surface area contributed by atoms with Gasteiger partial charge in [-0.2, -0.15) is 0 Å². The summed E-state index contributed by atoms with van der Waals surface area (Å²) in [5.74, 6) is -0.352. The third kappa shape index (κ3) is 3.98. The number of carbonyl (C=O) groups excluding carboxylic acids is 1. The number of rotatable bonds is 1. The first kappa shape index (κ1) is 5.98. The Balaban J connectivity index is 2.83. The van der Waals surface area contributed by atoms with Crippen molar-refractivity contribution in [3.8, 4) is 0 Å². The zero-order chi connectivity index (χ0) is 4.99. The maximum atomic E-state index is 9.81. The predicted octanol–water partition coefficient (Wildman–Crippen LogP) is 0.654. The van der Waals surface area contributed by atoms with Crippen molar-refractivity contribution in [3.05, 3.63) is 0 Å². The summed E-state index contributed by atoms with van der Waals surface area (Å²) in [6, 6.07) is 0. The van der Waals surface area contributed by atoms with Crippen LogP contribution in [0.25, 0.3) is 0 Å². The lowest BCUT2D eigenvalue weighted by Crippen LogP contribution is -1.79. The Kier molecular flexibility index (Phi) is 3.17. The van der Waals surface area contributed by atoms with E-state index >= 15 is 0 Å². The minimum atomic E-state index is -0.352. The standard InChI is InChI=1S/C3H5O2S/c1-3(5)6-2-4/h2H2,1H3. The van der Waals surface area contributed by atoms with Gasteiger partial charge in [-0.3, -0.25) is 4.79 Å². The minimum absolute atomic E-state index is 0.106. The minimum Gasteiger partial charge on any atom is -0.287 e. The van der Waals surface area contributed by atoms with Crippen molar-refractivity contribution in [1.82, 2.24) is 0 Å². The van der Waals surface area contributed by atoms with E-state index in [-0.39, 0.29) is 11.1 Å². The molecule has 1 radical (unpaired) electrons. The van der Waals surface area contributed by atoms with Crippen molar-refractivity contribution in [1.29, 1.82) is 0 Å². The highest BCUT2D eigenvalue weighted by molar-refractivity contribution is 8.13. The molecule has 0 aliphatic heterocycles. The molecule has 0 heterocycles. The number of hydrogen-bond donors (Lipinski definition) is 0. The Hall–Kier alpha value is -0.0200. The van der Waals surface area contributed by atoms with E-state index in [4.69, 9.17) is 0 Å². The van der Waals surface area contributed by atoms with Crippen LogP contribution in [-0.2, 0) is 9.90 Å². The van der Waals surface area contributed by atoms with Gasteiger partial charge in [0.15, 0.2) is 5.12 Å². The lowest BCUT2D eigenvalue weighted by Gasteiger charge is -1.78.